The van der Waals surface area contributed by atoms with Gasteiger partial charge in [0.1, 0.15) is 5.60 Å². The number of anilines is 1. The molecule has 1 aromatic rings. The highest BCUT2D eigenvalue weighted by molar-refractivity contribution is 5.97. The number of nitrogens with one attached hydrogen (secondary N) is 1. The predicted molar refractivity (Wildman–Crippen MR) is 68.1 cm³/mol. The third-order valence-corrected chi connectivity index (χ3v) is 3.31. The summed E-state index contributed by atoms with van der Waals surface area (Å²) in [6.45, 7) is 5.46. The molecule has 2 rings (SSSR count). The van der Waals surface area contributed by atoms with Gasteiger partial charge in [-0.1, -0.05) is 18.2 Å². The number of carbonyl (C=O) groups is 2. The van der Waals surface area contributed by atoms with Crippen LogP contribution in [0.15, 0.2) is 24.3 Å². The van der Waals surface area contributed by atoms with Crippen LogP contribution in [-0.4, -0.2) is 17.5 Å². The summed E-state index contributed by atoms with van der Waals surface area (Å²) in [6, 6.07) is 7.55. The first-order valence-electron chi connectivity index (χ1n) is 5.98. The van der Waals surface area contributed by atoms with E-state index >= 15 is 0 Å². The zero-order valence-electron chi connectivity index (χ0n) is 10.8. The van der Waals surface area contributed by atoms with Gasteiger partial charge in [0.05, 0.1) is 12.3 Å². The Bertz CT molecular complexity index is 494. The summed E-state index contributed by atoms with van der Waals surface area (Å²) < 4.78 is 5.15. The maximum atomic E-state index is 12.2. The van der Waals surface area contributed by atoms with E-state index in [2.05, 4.69) is 5.32 Å². The van der Waals surface area contributed by atoms with Crippen molar-refractivity contribution in [1.29, 1.82) is 0 Å². The summed E-state index contributed by atoms with van der Waals surface area (Å²) in [5, 5.41) is 2.86. The Hall–Kier alpha value is -1.84. The Morgan fingerprint density at radius 3 is 2.61 bits per heavy atom. The molecule has 0 spiro atoms. The number of para-hydroxylation sites is 1. The summed E-state index contributed by atoms with van der Waals surface area (Å²) in [6.07, 6.45) is 0.144. The zero-order chi connectivity index (χ0) is 13.3. The lowest BCUT2D eigenvalue weighted by molar-refractivity contribution is -0.147. The van der Waals surface area contributed by atoms with E-state index in [1.54, 1.807) is 13.8 Å². The van der Waals surface area contributed by atoms with E-state index in [0.717, 1.165) is 11.3 Å². The number of ether oxygens (including phenoxy) is 1. The number of rotatable bonds is 2. The SMILES string of the molecule is Cc1ccccc1NC(=O)[C@@H]1CC(=O)OC1(C)C. The molecule has 0 bridgehead atoms. The summed E-state index contributed by atoms with van der Waals surface area (Å²) >= 11 is 0. The van der Waals surface area contributed by atoms with Crippen LogP contribution in [0.1, 0.15) is 25.8 Å². The number of amides is 1. The van der Waals surface area contributed by atoms with Gasteiger partial charge in [-0.15, -0.1) is 0 Å². The monoisotopic (exact) mass is 247 g/mol. The van der Waals surface area contributed by atoms with E-state index < -0.39 is 11.5 Å². The largest absolute Gasteiger partial charge is 0.459 e. The topological polar surface area (TPSA) is 55.4 Å². The fourth-order valence-electron chi connectivity index (χ4n) is 2.16. The first kappa shape index (κ1) is 12.6. The number of hydrogen-bond acceptors (Lipinski definition) is 3. The second kappa shape index (κ2) is 4.44. The van der Waals surface area contributed by atoms with Gasteiger partial charge in [-0.25, -0.2) is 0 Å². The van der Waals surface area contributed by atoms with Crippen molar-refractivity contribution in [2.45, 2.75) is 32.8 Å². The molecule has 0 saturated carbocycles. The summed E-state index contributed by atoms with van der Waals surface area (Å²) in [7, 11) is 0. The van der Waals surface area contributed by atoms with Gasteiger partial charge in [0.2, 0.25) is 5.91 Å². The minimum atomic E-state index is -0.732. The lowest BCUT2D eigenvalue weighted by atomic mass is 9.90. The Labute approximate surface area is 106 Å². The van der Waals surface area contributed by atoms with Crippen molar-refractivity contribution in [2.24, 2.45) is 5.92 Å². The standard InChI is InChI=1S/C14H17NO3/c1-9-6-4-5-7-11(9)15-13(17)10-8-12(16)18-14(10,2)3/h4-7,10H,8H2,1-3H3,(H,15,17)/t10-/m0/s1. The first-order valence-corrected chi connectivity index (χ1v) is 5.98. The van der Waals surface area contributed by atoms with Crippen molar-refractivity contribution in [3.8, 4) is 0 Å². The van der Waals surface area contributed by atoms with Gasteiger partial charge in [-0.3, -0.25) is 9.59 Å². The van der Waals surface area contributed by atoms with Gasteiger partial charge in [0, 0.05) is 5.69 Å². The number of aryl methyl sites for hydroxylation is 1. The van der Waals surface area contributed by atoms with Crippen molar-refractivity contribution in [1.82, 2.24) is 0 Å². The molecule has 0 aliphatic carbocycles. The second-order valence-corrected chi connectivity index (χ2v) is 5.14. The quantitative estimate of drug-likeness (QED) is 0.816. The third kappa shape index (κ3) is 2.37. The fraction of sp³-hybridized carbons (Fsp3) is 0.429. The van der Waals surface area contributed by atoms with E-state index in [-0.39, 0.29) is 18.3 Å². The van der Waals surface area contributed by atoms with Crippen LogP contribution in [0.4, 0.5) is 5.69 Å². The normalized spacial score (nSPS) is 21.5. The van der Waals surface area contributed by atoms with Crippen LogP contribution < -0.4 is 5.32 Å². The van der Waals surface area contributed by atoms with E-state index in [1.165, 1.54) is 0 Å². The lowest BCUT2D eigenvalue weighted by Gasteiger charge is -2.24. The van der Waals surface area contributed by atoms with Gasteiger partial charge in [-0.2, -0.15) is 0 Å². The lowest BCUT2D eigenvalue weighted by Crippen LogP contribution is -2.36. The molecular weight excluding hydrogens is 230 g/mol. The van der Waals surface area contributed by atoms with Crippen LogP contribution in [0.2, 0.25) is 0 Å². The Morgan fingerprint density at radius 1 is 1.39 bits per heavy atom. The Morgan fingerprint density at radius 2 is 2.06 bits per heavy atom. The number of hydrogen-bond donors (Lipinski definition) is 1. The van der Waals surface area contributed by atoms with Crippen LogP contribution in [0.3, 0.4) is 0 Å². The molecule has 1 fully saturated rings. The first-order chi connectivity index (χ1) is 8.40. The average molecular weight is 247 g/mol. The highest BCUT2D eigenvalue weighted by Crippen LogP contribution is 2.33. The van der Waals surface area contributed by atoms with E-state index in [0.29, 0.717) is 0 Å². The molecule has 96 valence electrons. The van der Waals surface area contributed by atoms with Crippen molar-refractivity contribution >= 4 is 17.6 Å². The molecule has 1 aliphatic rings. The smallest absolute Gasteiger partial charge is 0.307 e. The molecular formula is C14H17NO3. The summed E-state index contributed by atoms with van der Waals surface area (Å²) in [4.78, 5) is 23.5. The van der Waals surface area contributed by atoms with Crippen LogP contribution in [0, 0.1) is 12.8 Å². The van der Waals surface area contributed by atoms with Crippen molar-refractivity contribution in [3.63, 3.8) is 0 Å². The minimum Gasteiger partial charge on any atom is -0.459 e. The van der Waals surface area contributed by atoms with Crippen LogP contribution >= 0.6 is 0 Å². The molecule has 1 amide bonds. The van der Waals surface area contributed by atoms with Crippen molar-refractivity contribution in [3.05, 3.63) is 29.8 Å². The maximum Gasteiger partial charge on any atom is 0.307 e. The molecule has 1 saturated heterocycles. The summed E-state index contributed by atoms with van der Waals surface area (Å²) in [5.41, 5.74) is 1.04. The molecule has 4 heteroatoms. The number of carbonyl (C=O) groups excluding carboxylic acids is 2. The van der Waals surface area contributed by atoms with Crippen molar-refractivity contribution < 1.29 is 14.3 Å². The Balaban J connectivity index is 2.14. The fourth-order valence-corrected chi connectivity index (χ4v) is 2.16. The molecule has 18 heavy (non-hydrogen) atoms. The minimum absolute atomic E-state index is 0.144. The molecule has 1 atom stereocenters. The van der Waals surface area contributed by atoms with Crippen LogP contribution in [0.5, 0.6) is 0 Å². The molecule has 0 unspecified atom stereocenters. The van der Waals surface area contributed by atoms with Gasteiger partial charge in [-0.05, 0) is 32.4 Å². The van der Waals surface area contributed by atoms with Gasteiger partial charge >= 0.3 is 5.97 Å². The second-order valence-electron chi connectivity index (χ2n) is 5.14. The molecule has 0 aromatic heterocycles. The van der Waals surface area contributed by atoms with Crippen LogP contribution in [-0.2, 0) is 14.3 Å². The van der Waals surface area contributed by atoms with Gasteiger partial charge in [0.15, 0.2) is 0 Å². The molecule has 0 radical (unpaired) electrons. The van der Waals surface area contributed by atoms with E-state index in [9.17, 15) is 9.59 Å². The molecule has 1 N–H and O–H groups in total. The van der Waals surface area contributed by atoms with Gasteiger partial charge < -0.3 is 10.1 Å². The summed E-state index contributed by atoms with van der Waals surface area (Å²) in [5.74, 6) is -0.922. The highest BCUT2D eigenvalue weighted by atomic mass is 16.6. The third-order valence-electron chi connectivity index (χ3n) is 3.31. The predicted octanol–water partition coefficient (Wildman–Crippen LogP) is 2.28. The molecule has 1 aromatic carbocycles. The molecule has 1 heterocycles. The maximum absolute atomic E-state index is 12.2. The molecule has 1 aliphatic heterocycles. The number of benzene rings is 1. The number of cyclic esters (lactones) is 1. The number of esters is 1. The van der Waals surface area contributed by atoms with E-state index in [4.69, 9.17) is 4.74 Å². The average Bonchev–Trinajstić information content (AvgIpc) is 2.55. The highest BCUT2D eigenvalue weighted by Gasteiger charge is 2.46. The van der Waals surface area contributed by atoms with Crippen LogP contribution in [0.25, 0.3) is 0 Å². The zero-order valence-corrected chi connectivity index (χ0v) is 10.8. The van der Waals surface area contributed by atoms with E-state index in [1.807, 2.05) is 31.2 Å². The Kier molecular flexibility index (Phi) is 3.11. The molecule has 4 nitrogen and oxygen atoms in total. The van der Waals surface area contributed by atoms with Gasteiger partial charge in [0.25, 0.3) is 0 Å². The van der Waals surface area contributed by atoms with Crippen molar-refractivity contribution in [2.75, 3.05) is 5.32 Å².